The molecule has 2 aliphatic heterocycles. The van der Waals surface area contributed by atoms with Crippen LogP contribution in [0, 0.1) is 13.8 Å². The van der Waals surface area contributed by atoms with E-state index in [-0.39, 0.29) is 16.0 Å². The number of amides is 2. The number of hydrogen-bond donors (Lipinski definition) is 0. The monoisotopic (exact) mass is 435 g/mol. The van der Waals surface area contributed by atoms with Crippen molar-refractivity contribution in [3.63, 3.8) is 0 Å². The summed E-state index contributed by atoms with van der Waals surface area (Å²) in [5.74, 6) is -0.904. The second-order valence-electron chi connectivity index (χ2n) is 8.02. The molecule has 0 radical (unpaired) electrons. The number of benzene rings is 2. The third-order valence-electron chi connectivity index (χ3n) is 5.97. The Bertz CT molecular complexity index is 1360. The van der Waals surface area contributed by atoms with E-state index in [4.69, 9.17) is 0 Å². The SMILES string of the molecule is Cc1ccc(N2C(=O)c3c(C)nc4ccc(S(=O)(=O)N5CCCC5)cc4c3C2=O)cc1. The molecule has 0 bridgehead atoms. The molecule has 1 aromatic heterocycles. The number of anilines is 1. The fourth-order valence-electron chi connectivity index (χ4n) is 4.33. The maximum Gasteiger partial charge on any atom is 0.268 e. The van der Waals surface area contributed by atoms with Crippen LogP contribution in [0.15, 0.2) is 47.4 Å². The Kier molecular flexibility index (Phi) is 4.46. The molecule has 2 aromatic carbocycles. The molecular weight excluding hydrogens is 414 g/mol. The van der Waals surface area contributed by atoms with E-state index in [1.807, 2.05) is 19.1 Å². The summed E-state index contributed by atoms with van der Waals surface area (Å²) in [5, 5.41) is 0.383. The van der Waals surface area contributed by atoms with E-state index >= 15 is 0 Å². The van der Waals surface area contributed by atoms with Crippen molar-refractivity contribution in [1.82, 2.24) is 9.29 Å². The van der Waals surface area contributed by atoms with Crippen LogP contribution in [0.1, 0.15) is 44.8 Å². The molecule has 0 N–H and O–H groups in total. The van der Waals surface area contributed by atoms with Gasteiger partial charge in [-0.3, -0.25) is 14.6 Å². The summed E-state index contributed by atoms with van der Waals surface area (Å²) < 4.78 is 27.6. The minimum Gasteiger partial charge on any atom is -0.268 e. The van der Waals surface area contributed by atoms with Gasteiger partial charge in [0.25, 0.3) is 11.8 Å². The number of hydrogen-bond acceptors (Lipinski definition) is 5. The van der Waals surface area contributed by atoms with E-state index in [0.717, 1.165) is 23.3 Å². The smallest absolute Gasteiger partial charge is 0.268 e. The van der Waals surface area contributed by atoms with Gasteiger partial charge in [-0.1, -0.05) is 17.7 Å². The number of aryl methyl sites for hydroxylation is 2. The molecule has 3 aromatic rings. The number of sulfonamides is 1. The second kappa shape index (κ2) is 6.96. The first-order valence-corrected chi connectivity index (χ1v) is 11.6. The third-order valence-corrected chi connectivity index (χ3v) is 7.86. The minimum absolute atomic E-state index is 0.115. The van der Waals surface area contributed by atoms with E-state index in [1.165, 1.54) is 16.4 Å². The standard InChI is InChI=1S/C23H21N3O4S/c1-14-5-7-16(8-6-14)26-22(27)20-15(2)24-19-10-9-17(13-18(19)21(20)23(26)28)31(29,30)25-11-3-4-12-25/h5-10,13H,3-4,11-12H2,1-2H3. The molecule has 2 amide bonds. The van der Waals surface area contributed by atoms with E-state index < -0.39 is 21.8 Å². The van der Waals surface area contributed by atoms with Gasteiger partial charge >= 0.3 is 0 Å². The van der Waals surface area contributed by atoms with Crippen LogP contribution in [0.25, 0.3) is 10.9 Å². The molecule has 8 heteroatoms. The molecule has 0 aliphatic carbocycles. The third kappa shape index (κ3) is 2.97. The van der Waals surface area contributed by atoms with Crippen molar-refractivity contribution >= 4 is 38.4 Å². The Balaban J connectivity index is 1.69. The molecule has 158 valence electrons. The Morgan fingerprint density at radius 1 is 0.871 bits per heavy atom. The van der Waals surface area contributed by atoms with Crippen LogP contribution in [0.2, 0.25) is 0 Å². The predicted molar refractivity (Wildman–Crippen MR) is 117 cm³/mol. The van der Waals surface area contributed by atoms with Crippen molar-refractivity contribution in [2.45, 2.75) is 31.6 Å². The minimum atomic E-state index is -3.66. The summed E-state index contributed by atoms with van der Waals surface area (Å²) in [5.41, 5.74) is 2.88. The van der Waals surface area contributed by atoms with Crippen LogP contribution in [-0.2, 0) is 10.0 Å². The lowest BCUT2D eigenvalue weighted by Crippen LogP contribution is -2.29. The summed E-state index contributed by atoms with van der Waals surface area (Å²) in [4.78, 5) is 32.3. The predicted octanol–water partition coefficient (Wildman–Crippen LogP) is 3.44. The van der Waals surface area contributed by atoms with E-state index in [0.29, 0.717) is 35.4 Å². The molecule has 1 saturated heterocycles. The zero-order valence-corrected chi connectivity index (χ0v) is 18.1. The van der Waals surface area contributed by atoms with Crippen LogP contribution in [0.5, 0.6) is 0 Å². The molecule has 7 nitrogen and oxygen atoms in total. The highest BCUT2D eigenvalue weighted by molar-refractivity contribution is 7.89. The summed E-state index contributed by atoms with van der Waals surface area (Å²) in [6.45, 7) is 4.60. The van der Waals surface area contributed by atoms with Crippen molar-refractivity contribution < 1.29 is 18.0 Å². The van der Waals surface area contributed by atoms with Crippen LogP contribution >= 0.6 is 0 Å². The van der Waals surface area contributed by atoms with Crippen LogP contribution in [0.3, 0.4) is 0 Å². The number of aromatic nitrogens is 1. The number of fused-ring (bicyclic) bond motifs is 3. The van der Waals surface area contributed by atoms with E-state index in [1.54, 1.807) is 25.1 Å². The topological polar surface area (TPSA) is 87.7 Å². The van der Waals surface area contributed by atoms with Gasteiger partial charge < -0.3 is 0 Å². The molecule has 1 fully saturated rings. The largest absolute Gasteiger partial charge is 0.268 e. The molecule has 5 rings (SSSR count). The Hall–Kier alpha value is -3.10. The Morgan fingerprint density at radius 3 is 2.19 bits per heavy atom. The van der Waals surface area contributed by atoms with Gasteiger partial charge in [-0.25, -0.2) is 13.3 Å². The number of imide groups is 1. The van der Waals surface area contributed by atoms with Crippen LogP contribution in [-0.4, -0.2) is 42.6 Å². The number of rotatable bonds is 3. The number of carbonyl (C=O) groups excluding carboxylic acids is 2. The fraction of sp³-hybridized carbons (Fsp3) is 0.261. The van der Waals surface area contributed by atoms with E-state index in [2.05, 4.69) is 4.98 Å². The zero-order chi connectivity index (χ0) is 21.9. The van der Waals surface area contributed by atoms with Gasteiger partial charge in [0, 0.05) is 18.5 Å². The zero-order valence-electron chi connectivity index (χ0n) is 17.3. The normalized spacial score (nSPS) is 17.0. The lowest BCUT2D eigenvalue weighted by Gasteiger charge is -2.16. The molecule has 0 atom stereocenters. The first kappa shape index (κ1) is 19.8. The number of pyridine rings is 1. The van der Waals surface area contributed by atoms with Gasteiger partial charge in [0.2, 0.25) is 10.0 Å². The van der Waals surface area contributed by atoms with Gasteiger partial charge in [0.15, 0.2) is 0 Å². The lowest BCUT2D eigenvalue weighted by molar-refractivity contribution is 0.0926. The van der Waals surface area contributed by atoms with Crippen molar-refractivity contribution in [2.24, 2.45) is 0 Å². The van der Waals surface area contributed by atoms with Gasteiger partial charge in [-0.2, -0.15) is 4.31 Å². The Morgan fingerprint density at radius 2 is 1.52 bits per heavy atom. The maximum absolute atomic E-state index is 13.4. The van der Waals surface area contributed by atoms with E-state index in [9.17, 15) is 18.0 Å². The molecule has 3 heterocycles. The number of carbonyl (C=O) groups is 2. The Labute approximate surface area is 180 Å². The number of nitrogens with zero attached hydrogens (tertiary/aromatic N) is 3. The molecule has 0 saturated carbocycles. The van der Waals surface area contributed by atoms with Gasteiger partial charge in [-0.15, -0.1) is 0 Å². The summed E-state index contributed by atoms with van der Waals surface area (Å²) in [7, 11) is -3.66. The molecule has 0 spiro atoms. The summed E-state index contributed by atoms with van der Waals surface area (Å²) in [6, 6.07) is 11.7. The van der Waals surface area contributed by atoms with Crippen molar-refractivity contribution in [1.29, 1.82) is 0 Å². The quantitative estimate of drug-likeness (QED) is 0.588. The lowest BCUT2D eigenvalue weighted by atomic mass is 10.0. The average molecular weight is 436 g/mol. The summed E-state index contributed by atoms with van der Waals surface area (Å²) >= 11 is 0. The van der Waals surface area contributed by atoms with Crippen LogP contribution in [0.4, 0.5) is 5.69 Å². The maximum atomic E-state index is 13.4. The molecule has 2 aliphatic rings. The highest BCUT2D eigenvalue weighted by atomic mass is 32.2. The molecule has 31 heavy (non-hydrogen) atoms. The molecular formula is C23H21N3O4S. The fourth-order valence-corrected chi connectivity index (χ4v) is 5.87. The van der Waals surface area contributed by atoms with Gasteiger partial charge in [-0.05, 0) is 57.0 Å². The van der Waals surface area contributed by atoms with Crippen molar-refractivity contribution in [3.05, 3.63) is 64.8 Å². The highest BCUT2D eigenvalue weighted by Crippen LogP contribution is 2.35. The van der Waals surface area contributed by atoms with Crippen LogP contribution < -0.4 is 4.90 Å². The second-order valence-corrected chi connectivity index (χ2v) is 9.96. The van der Waals surface area contributed by atoms with Crippen molar-refractivity contribution in [3.8, 4) is 0 Å². The highest BCUT2D eigenvalue weighted by Gasteiger charge is 2.40. The van der Waals surface area contributed by atoms with Gasteiger partial charge in [0.05, 0.1) is 32.9 Å². The average Bonchev–Trinajstić information content (AvgIpc) is 3.37. The van der Waals surface area contributed by atoms with Gasteiger partial charge in [0.1, 0.15) is 0 Å². The van der Waals surface area contributed by atoms with Crippen molar-refractivity contribution in [2.75, 3.05) is 18.0 Å². The summed E-state index contributed by atoms with van der Waals surface area (Å²) in [6.07, 6.45) is 1.67. The molecule has 0 unspecified atom stereocenters. The first-order chi connectivity index (χ1) is 14.8. The first-order valence-electron chi connectivity index (χ1n) is 10.2.